The molecule has 4 N–H and O–H groups in total. The summed E-state index contributed by atoms with van der Waals surface area (Å²) in [5.41, 5.74) is 3.06. The Balaban J connectivity index is 1.50. The summed E-state index contributed by atoms with van der Waals surface area (Å²) in [4.78, 5) is 39.5. The molecule has 0 spiro atoms. The van der Waals surface area contributed by atoms with Crippen LogP contribution < -0.4 is 10.6 Å². The van der Waals surface area contributed by atoms with Crippen molar-refractivity contribution in [3.05, 3.63) is 89.1 Å². The molecule has 2 heterocycles. The summed E-state index contributed by atoms with van der Waals surface area (Å²) in [5, 5.41) is 24.5. The molecule has 11 nitrogen and oxygen atoms in total. The molecule has 12 heteroatoms. The minimum atomic E-state index is -1.05. The fourth-order valence-corrected chi connectivity index (χ4v) is 5.55. The Labute approximate surface area is 247 Å². The number of aliphatic hydroxyl groups excluding tert-OH is 1. The van der Waals surface area contributed by atoms with Gasteiger partial charge in [0, 0.05) is 29.1 Å². The summed E-state index contributed by atoms with van der Waals surface area (Å²) in [6.07, 6.45) is 0.135. The van der Waals surface area contributed by atoms with Gasteiger partial charge in [0.1, 0.15) is 11.6 Å². The first-order valence-electron chi connectivity index (χ1n) is 13.4. The number of benzene rings is 2. The Morgan fingerprint density at radius 2 is 1.74 bits per heavy atom. The predicted octanol–water partition coefficient (Wildman–Crippen LogP) is 4.54. The molecule has 2 aromatic carbocycles. The Bertz CT molecular complexity index is 1370. The predicted molar refractivity (Wildman–Crippen MR) is 155 cm³/mol. The van der Waals surface area contributed by atoms with E-state index in [-0.39, 0.29) is 43.4 Å². The van der Waals surface area contributed by atoms with Crippen molar-refractivity contribution in [2.75, 3.05) is 24.2 Å². The molecule has 1 saturated heterocycles. The minimum Gasteiger partial charge on any atom is -0.478 e. The van der Waals surface area contributed by atoms with E-state index in [0.29, 0.717) is 16.5 Å². The fraction of sp³-hybridized carbons (Fsp3) is 0.333. The van der Waals surface area contributed by atoms with Crippen molar-refractivity contribution in [2.24, 2.45) is 5.92 Å². The summed E-state index contributed by atoms with van der Waals surface area (Å²) in [6, 6.07) is 17.0. The molecule has 4 atom stereocenters. The van der Waals surface area contributed by atoms with E-state index >= 15 is 0 Å². The first-order chi connectivity index (χ1) is 20.3. The second-order valence-electron chi connectivity index (χ2n) is 9.53. The summed E-state index contributed by atoms with van der Waals surface area (Å²) >= 11 is 1.31. The van der Waals surface area contributed by atoms with Crippen molar-refractivity contribution < 1.29 is 38.8 Å². The third-order valence-electron chi connectivity index (χ3n) is 6.65. The van der Waals surface area contributed by atoms with Gasteiger partial charge in [-0.3, -0.25) is 4.79 Å². The van der Waals surface area contributed by atoms with Gasteiger partial charge < -0.3 is 35.1 Å². The standard InChI is InChI=1S/C30H33N3O8S/c1-3-39-25(35)15-32-30(38)33-22-12-10-21(11-13-22)29-40-24(17-42-27-23(28(36)37)5-4-14-31-27)18(2)26(41-29)20-8-6-19(16-34)7-9-20/h4-14,18,24,26,29,34H,3,15-17H2,1-2H3,(H,36,37)(H2,32,33,38)/t18-,24+,26+,29+/m1/s1. The summed E-state index contributed by atoms with van der Waals surface area (Å²) < 4.78 is 17.6. The maximum absolute atomic E-state index is 12.1. The maximum atomic E-state index is 12.1. The topological polar surface area (TPSA) is 156 Å². The molecule has 1 fully saturated rings. The number of ether oxygens (including phenoxy) is 3. The molecule has 0 radical (unpaired) electrons. The molecular formula is C30H33N3O8S. The Kier molecular flexibility index (Phi) is 10.9. The molecular weight excluding hydrogens is 562 g/mol. The monoisotopic (exact) mass is 595 g/mol. The van der Waals surface area contributed by atoms with Gasteiger partial charge in [-0.1, -0.05) is 43.3 Å². The molecule has 0 aliphatic carbocycles. The Hall–Kier alpha value is -3.97. The number of aromatic nitrogens is 1. The van der Waals surface area contributed by atoms with E-state index in [1.54, 1.807) is 43.5 Å². The molecule has 1 aliphatic rings. The number of hydrogen-bond donors (Lipinski definition) is 4. The fourth-order valence-electron chi connectivity index (χ4n) is 4.40. The van der Waals surface area contributed by atoms with Crippen LogP contribution in [0.15, 0.2) is 71.9 Å². The highest BCUT2D eigenvalue weighted by Crippen LogP contribution is 2.43. The van der Waals surface area contributed by atoms with Crippen LogP contribution in [0.3, 0.4) is 0 Å². The number of nitrogens with one attached hydrogen (secondary N) is 2. The number of carboxylic acids is 1. The minimum absolute atomic E-state index is 0.0659. The maximum Gasteiger partial charge on any atom is 0.338 e. The normalized spacial score (nSPS) is 20.0. The van der Waals surface area contributed by atoms with Gasteiger partial charge in [0.2, 0.25) is 0 Å². The zero-order valence-electron chi connectivity index (χ0n) is 23.2. The number of aromatic carboxylic acids is 1. The lowest BCUT2D eigenvalue weighted by atomic mass is 9.91. The first kappa shape index (κ1) is 31.0. The molecule has 3 aromatic rings. The molecule has 0 saturated carbocycles. The zero-order valence-corrected chi connectivity index (χ0v) is 24.0. The number of carboxylic acid groups (broad SMARTS) is 1. The van der Waals surface area contributed by atoms with Crippen molar-refractivity contribution in [1.29, 1.82) is 0 Å². The lowest BCUT2D eigenvalue weighted by molar-refractivity contribution is -0.268. The smallest absolute Gasteiger partial charge is 0.338 e. The third kappa shape index (κ3) is 8.07. The lowest BCUT2D eigenvalue weighted by Gasteiger charge is -2.41. The van der Waals surface area contributed by atoms with Crippen molar-refractivity contribution in [1.82, 2.24) is 10.3 Å². The Morgan fingerprint density at radius 1 is 1.02 bits per heavy atom. The van der Waals surface area contributed by atoms with E-state index in [4.69, 9.17) is 14.2 Å². The number of carbonyl (C=O) groups is 3. The highest BCUT2D eigenvalue weighted by Gasteiger charge is 2.38. The molecule has 222 valence electrons. The average Bonchev–Trinajstić information content (AvgIpc) is 3.00. The summed E-state index contributed by atoms with van der Waals surface area (Å²) in [6.45, 7) is 3.63. The van der Waals surface area contributed by atoms with Crippen LogP contribution in [0.1, 0.15) is 53.3 Å². The number of nitrogens with zero attached hydrogens (tertiary/aromatic N) is 1. The second-order valence-corrected chi connectivity index (χ2v) is 10.5. The molecule has 1 aromatic heterocycles. The van der Waals surface area contributed by atoms with Crippen LogP contribution in [0.4, 0.5) is 10.5 Å². The Morgan fingerprint density at radius 3 is 2.40 bits per heavy atom. The largest absolute Gasteiger partial charge is 0.478 e. The third-order valence-corrected chi connectivity index (χ3v) is 7.74. The van der Waals surface area contributed by atoms with Gasteiger partial charge in [-0.25, -0.2) is 14.6 Å². The van der Waals surface area contributed by atoms with Gasteiger partial charge in [0.05, 0.1) is 31.0 Å². The highest BCUT2D eigenvalue weighted by atomic mass is 32.2. The van der Waals surface area contributed by atoms with Crippen molar-refractivity contribution in [3.63, 3.8) is 0 Å². The van der Waals surface area contributed by atoms with E-state index < -0.39 is 24.3 Å². The van der Waals surface area contributed by atoms with Crippen molar-refractivity contribution in [2.45, 2.75) is 44.0 Å². The number of pyridine rings is 1. The van der Waals surface area contributed by atoms with Gasteiger partial charge in [-0.2, -0.15) is 0 Å². The number of aliphatic hydroxyl groups is 1. The lowest BCUT2D eigenvalue weighted by Crippen LogP contribution is -2.38. The van der Waals surface area contributed by atoms with E-state index in [1.165, 1.54) is 17.8 Å². The summed E-state index contributed by atoms with van der Waals surface area (Å²) in [7, 11) is 0. The van der Waals surface area contributed by atoms with Crippen LogP contribution >= 0.6 is 11.8 Å². The number of esters is 1. The van der Waals surface area contributed by atoms with Gasteiger partial charge >= 0.3 is 18.0 Å². The zero-order chi connectivity index (χ0) is 30.1. The van der Waals surface area contributed by atoms with Crippen LogP contribution in [0, 0.1) is 5.92 Å². The molecule has 0 bridgehead atoms. The van der Waals surface area contributed by atoms with Crippen LogP contribution in [0.2, 0.25) is 0 Å². The molecule has 1 aliphatic heterocycles. The first-order valence-corrected chi connectivity index (χ1v) is 14.4. The van der Waals surface area contributed by atoms with Crippen molar-refractivity contribution in [3.8, 4) is 0 Å². The van der Waals surface area contributed by atoms with Crippen molar-refractivity contribution >= 4 is 35.4 Å². The second kappa shape index (κ2) is 14.8. The van der Waals surface area contributed by atoms with Crippen LogP contribution in [-0.4, -0.2) is 58.2 Å². The van der Waals surface area contributed by atoms with E-state index in [9.17, 15) is 24.6 Å². The highest BCUT2D eigenvalue weighted by molar-refractivity contribution is 7.99. The molecule has 2 amide bonds. The van der Waals surface area contributed by atoms with Crippen LogP contribution in [0.5, 0.6) is 0 Å². The number of carbonyl (C=O) groups excluding carboxylic acids is 2. The quantitative estimate of drug-likeness (QED) is 0.183. The van der Waals surface area contributed by atoms with E-state index in [2.05, 4.69) is 15.6 Å². The van der Waals surface area contributed by atoms with E-state index in [0.717, 1.165) is 16.7 Å². The number of thioether (sulfide) groups is 1. The van der Waals surface area contributed by atoms with Crippen LogP contribution in [0.25, 0.3) is 0 Å². The number of urea groups is 1. The number of anilines is 1. The van der Waals surface area contributed by atoms with E-state index in [1.807, 2.05) is 31.2 Å². The summed E-state index contributed by atoms with van der Waals surface area (Å²) in [5.74, 6) is -1.24. The van der Waals surface area contributed by atoms with Gasteiger partial charge in [-0.05, 0) is 42.3 Å². The number of rotatable bonds is 11. The molecule has 4 rings (SSSR count). The van der Waals surface area contributed by atoms with Gasteiger partial charge in [0.15, 0.2) is 6.29 Å². The average molecular weight is 596 g/mol. The molecule has 0 unspecified atom stereocenters. The SMILES string of the molecule is CCOC(=O)CNC(=O)Nc1ccc([C@H]2O[C@@H](CSc3ncccc3C(=O)O)[C@@H](C)[C@@H](c3ccc(CO)cc3)O2)cc1. The van der Waals surface area contributed by atoms with Crippen LogP contribution in [-0.2, 0) is 25.6 Å². The molecule has 42 heavy (non-hydrogen) atoms. The number of amides is 2. The van der Waals surface area contributed by atoms with Gasteiger partial charge in [0.25, 0.3) is 0 Å². The van der Waals surface area contributed by atoms with Gasteiger partial charge in [-0.15, -0.1) is 11.8 Å². The number of hydrogen-bond acceptors (Lipinski definition) is 9.